The third-order valence-electron chi connectivity index (χ3n) is 3.70. The van der Waals surface area contributed by atoms with E-state index in [1.165, 1.54) is 11.3 Å². The van der Waals surface area contributed by atoms with Crippen molar-refractivity contribution in [3.63, 3.8) is 0 Å². The Hall–Kier alpha value is -0.380. The molecule has 0 bridgehead atoms. The van der Waals surface area contributed by atoms with E-state index in [1.54, 1.807) is 0 Å². The molecule has 16 heavy (non-hydrogen) atoms. The predicted octanol–water partition coefficient (Wildman–Crippen LogP) is 2.35. The number of nitrogens with two attached hydrogens (primary N) is 1. The first kappa shape index (κ1) is 12.1. The van der Waals surface area contributed by atoms with Gasteiger partial charge in [0.2, 0.25) is 0 Å². The molecule has 0 radical (unpaired) electrons. The molecule has 2 N–H and O–H groups in total. The number of piperidine rings is 1. The van der Waals surface area contributed by atoms with Crippen LogP contribution in [-0.2, 0) is 6.42 Å². The Morgan fingerprint density at radius 3 is 3.06 bits per heavy atom. The van der Waals surface area contributed by atoms with Crippen molar-refractivity contribution in [3.05, 3.63) is 22.4 Å². The summed E-state index contributed by atoms with van der Waals surface area (Å²) < 4.78 is 0. The molecule has 0 saturated carbocycles. The van der Waals surface area contributed by atoms with Crippen LogP contribution in [0.15, 0.2) is 17.5 Å². The summed E-state index contributed by atoms with van der Waals surface area (Å²) in [6, 6.07) is 5.43. The van der Waals surface area contributed by atoms with Gasteiger partial charge in [-0.25, -0.2) is 0 Å². The minimum atomic E-state index is 0.408. The first-order valence-corrected chi connectivity index (χ1v) is 7.07. The summed E-state index contributed by atoms with van der Waals surface area (Å²) >= 11 is 1.87. The van der Waals surface area contributed by atoms with Crippen molar-refractivity contribution in [2.24, 2.45) is 11.7 Å². The van der Waals surface area contributed by atoms with Gasteiger partial charge in [0.25, 0.3) is 0 Å². The second-order valence-corrected chi connectivity index (χ2v) is 6.09. The fourth-order valence-corrected chi connectivity index (χ4v) is 3.27. The lowest BCUT2D eigenvalue weighted by Crippen LogP contribution is -2.49. The lowest BCUT2D eigenvalue weighted by atomic mass is 9.93. The van der Waals surface area contributed by atoms with Gasteiger partial charge in [-0.15, -0.1) is 11.3 Å². The van der Waals surface area contributed by atoms with E-state index in [-0.39, 0.29) is 0 Å². The molecule has 1 aliphatic rings. The van der Waals surface area contributed by atoms with Gasteiger partial charge in [0, 0.05) is 23.5 Å². The van der Waals surface area contributed by atoms with Crippen molar-refractivity contribution >= 4 is 11.3 Å². The van der Waals surface area contributed by atoms with Crippen LogP contribution in [0.25, 0.3) is 0 Å². The van der Waals surface area contributed by atoms with Crippen molar-refractivity contribution in [2.45, 2.75) is 38.8 Å². The zero-order valence-corrected chi connectivity index (χ0v) is 11.0. The highest BCUT2D eigenvalue weighted by molar-refractivity contribution is 7.09. The van der Waals surface area contributed by atoms with Crippen LogP contribution >= 0.6 is 11.3 Å². The quantitative estimate of drug-likeness (QED) is 0.876. The smallest absolute Gasteiger partial charge is 0.0115 e. The molecule has 1 aliphatic heterocycles. The summed E-state index contributed by atoms with van der Waals surface area (Å²) in [5.41, 5.74) is 6.05. The van der Waals surface area contributed by atoms with E-state index in [0.717, 1.165) is 19.5 Å². The predicted molar refractivity (Wildman–Crippen MR) is 70.8 cm³/mol. The van der Waals surface area contributed by atoms with Crippen LogP contribution in [0.2, 0.25) is 0 Å². The molecule has 2 rings (SSSR count). The average molecular weight is 238 g/mol. The monoisotopic (exact) mass is 238 g/mol. The van der Waals surface area contributed by atoms with Crippen LogP contribution in [-0.4, -0.2) is 30.1 Å². The number of hydrogen-bond donors (Lipinski definition) is 1. The van der Waals surface area contributed by atoms with Crippen LogP contribution in [0, 0.1) is 5.92 Å². The van der Waals surface area contributed by atoms with E-state index in [4.69, 9.17) is 5.73 Å². The lowest BCUT2D eigenvalue weighted by molar-refractivity contribution is 0.124. The van der Waals surface area contributed by atoms with Crippen molar-refractivity contribution in [3.8, 4) is 0 Å². The van der Waals surface area contributed by atoms with E-state index >= 15 is 0 Å². The highest BCUT2D eigenvalue weighted by atomic mass is 32.1. The molecule has 3 atom stereocenters. The SMILES string of the molecule is CC1CN(C(C)Cc2cccs2)CCC1N. The maximum absolute atomic E-state index is 6.05. The second-order valence-electron chi connectivity index (χ2n) is 5.06. The molecule has 1 saturated heterocycles. The van der Waals surface area contributed by atoms with Gasteiger partial charge in [0.05, 0.1) is 0 Å². The summed E-state index contributed by atoms with van der Waals surface area (Å²) in [4.78, 5) is 4.09. The molecule has 1 aromatic heterocycles. The molecule has 0 spiro atoms. The standard InChI is InChI=1S/C13H22N2S/c1-10-9-15(6-5-13(10)14)11(2)8-12-4-3-7-16-12/h3-4,7,10-11,13H,5-6,8-9,14H2,1-2H3. The van der Waals surface area contributed by atoms with Crippen LogP contribution in [0.5, 0.6) is 0 Å². The maximum atomic E-state index is 6.05. The minimum absolute atomic E-state index is 0.408. The van der Waals surface area contributed by atoms with E-state index in [9.17, 15) is 0 Å². The molecular weight excluding hydrogens is 216 g/mol. The highest BCUT2D eigenvalue weighted by Crippen LogP contribution is 2.20. The van der Waals surface area contributed by atoms with Gasteiger partial charge in [-0.1, -0.05) is 13.0 Å². The second kappa shape index (κ2) is 5.30. The molecular formula is C13H22N2S. The zero-order valence-electron chi connectivity index (χ0n) is 10.2. The van der Waals surface area contributed by atoms with E-state index in [0.29, 0.717) is 18.0 Å². The highest BCUT2D eigenvalue weighted by Gasteiger charge is 2.26. The Kier molecular flexibility index (Phi) is 4.00. The number of nitrogens with zero attached hydrogens (tertiary/aromatic N) is 1. The van der Waals surface area contributed by atoms with E-state index in [1.807, 2.05) is 11.3 Å². The Morgan fingerprint density at radius 2 is 2.44 bits per heavy atom. The lowest BCUT2D eigenvalue weighted by Gasteiger charge is -2.38. The van der Waals surface area contributed by atoms with Crippen molar-refractivity contribution < 1.29 is 0 Å². The third-order valence-corrected chi connectivity index (χ3v) is 4.60. The number of likely N-dealkylation sites (tertiary alicyclic amines) is 1. The van der Waals surface area contributed by atoms with Crippen LogP contribution in [0.1, 0.15) is 25.1 Å². The van der Waals surface area contributed by atoms with Crippen LogP contribution < -0.4 is 5.73 Å². The molecule has 1 fully saturated rings. The Bertz CT molecular complexity index is 310. The average Bonchev–Trinajstić information content (AvgIpc) is 2.74. The summed E-state index contributed by atoms with van der Waals surface area (Å²) in [5, 5.41) is 2.16. The van der Waals surface area contributed by atoms with Gasteiger partial charge in [0.1, 0.15) is 0 Å². The zero-order chi connectivity index (χ0) is 11.5. The third kappa shape index (κ3) is 2.84. The molecule has 2 nitrogen and oxygen atoms in total. The largest absolute Gasteiger partial charge is 0.327 e. The first-order valence-electron chi connectivity index (χ1n) is 6.19. The molecule has 0 aliphatic carbocycles. The van der Waals surface area contributed by atoms with Crippen LogP contribution in [0.4, 0.5) is 0 Å². The van der Waals surface area contributed by atoms with E-state index in [2.05, 4.69) is 36.3 Å². The molecule has 0 amide bonds. The van der Waals surface area contributed by atoms with Gasteiger partial charge in [-0.2, -0.15) is 0 Å². The molecule has 0 aromatic carbocycles. The van der Waals surface area contributed by atoms with Crippen molar-refractivity contribution in [2.75, 3.05) is 13.1 Å². The molecule has 1 aromatic rings. The summed E-state index contributed by atoms with van der Waals surface area (Å²) in [7, 11) is 0. The van der Waals surface area contributed by atoms with Gasteiger partial charge < -0.3 is 5.73 Å². The van der Waals surface area contributed by atoms with Gasteiger partial charge in [-0.3, -0.25) is 4.90 Å². The fraction of sp³-hybridized carbons (Fsp3) is 0.692. The number of hydrogen-bond acceptors (Lipinski definition) is 3. The Morgan fingerprint density at radius 1 is 1.62 bits per heavy atom. The van der Waals surface area contributed by atoms with Gasteiger partial charge in [-0.05, 0) is 43.7 Å². The van der Waals surface area contributed by atoms with Gasteiger partial charge >= 0.3 is 0 Å². The Labute approximate surface area is 102 Å². The first-order chi connectivity index (χ1) is 7.66. The normalized spacial score (nSPS) is 29.2. The van der Waals surface area contributed by atoms with Crippen molar-refractivity contribution in [1.82, 2.24) is 4.90 Å². The number of thiophene rings is 1. The Balaban J connectivity index is 1.88. The number of rotatable bonds is 3. The van der Waals surface area contributed by atoms with Crippen molar-refractivity contribution in [1.29, 1.82) is 0 Å². The fourth-order valence-electron chi connectivity index (χ4n) is 2.45. The van der Waals surface area contributed by atoms with Gasteiger partial charge in [0.15, 0.2) is 0 Å². The minimum Gasteiger partial charge on any atom is -0.327 e. The van der Waals surface area contributed by atoms with Crippen LogP contribution in [0.3, 0.4) is 0 Å². The van der Waals surface area contributed by atoms with E-state index < -0.39 is 0 Å². The summed E-state index contributed by atoms with van der Waals surface area (Å²) in [6.07, 6.45) is 2.33. The molecule has 3 unspecified atom stereocenters. The molecule has 90 valence electrons. The summed E-state index contributed by atoms with van der Waals surface area (Å²) in [6.45, 7) is 6.93. The summed E-state index contributed by atoms with van der Waals surface area (Å²) in [5.74, 6) is 0.638. The topological polar surface area (TPSA) is 29.3 Å². The maximum Gasteiger partial charge on any atom is 0.0115 e. The molecule has 2 heterocycles. The molecule has 3 heteroatoms.